The quantitative estimate of drug-likeness (QED) is 0.393. The lowest BCUT2D eigenvalue weighted by Crippen LogP contribution is -2.55. The molecule has 4 amide bonds. The number of nitrogens with zero attached hydrogens (tertiary/aromatic N) is 6. The zero-order valence-electron chi connectivity index (χ0n) is 30.4. The van der Waals surface area contributed by atoms with Gasteiger partial charge in [0.1, 0.15) is 0 Å². The smallest absolute Gasteiger partial charge is 0.419 e. The van der Waals surface area contributed by atoms with E-state index >= 15 is 0 Å². The molecule has 1 aromatic heterocycles. The van der Waals surface area contributed by atoms with Crippen LogP contribution < -0.4 is 11.1 Å². The number of amides is 4. The van der Waals surface area contributed by atoms with E-state index in [1.807, 2.05) is 47.1 Å². The van der Waals surface area contributed by atoms with Gasteiger partial charge in [-0.05, 0) is 80.7 Å². The van der Waals surface area contributed by atoms with Gasteiger partial charge in [-0.3, -0.25) is 19.2 Å². The Morgan fingerprint density at radius 1 is 0.827 bits per heavy atom. The molecule has 13 nitrogen and oxygen atoms in total. The number of aryl methyl sites for hydroxylation is 2. The number of hydrogen-bond donors (Lipinski definition) is 1. The number of carbonyl (C=O) groups excluding carboxylic acids is 3. The van der Waals surface area contributed by atoms with Crippen molar-refractivity contribution in [3.8, 4) is 0 Å². The highest BCUT2D eigenvalue weighted by molar-refractivity contribution is 5.91. The minimum absolute atomic E-state index is 0.00370. The highest BCUT2D eigenvalue weighted by Crippen LogP contribution is 2.30. The van der Waals surface area contributed by atoms with Crippen LogP contribution in [0.15, 0.2) is 45.6 Å². The Bertz CT molecular complexity index is 1860. The number of rotatable bonds is 7. The average molecular weight is 714 g/mol. The number of benzene rings is 2. The maximum Gasteiger partial charge on any atom is 0.419 e. The molecule has 2 aromatic carbocycles. The first-order valence-electron chi connectivity index (χ1n) is 19.2. The second-order valence-corrected chi connectivity index (χ2v) is 15.4. The molecule has 1 N–H and O–H groups in total. The number of carbonyl (C=O) groups is 3. The Kier molecular flexibility index (Phi) is 9.73. The lowest BCUT2D eigenvalue weighted by molar-refractivity contribution is -0.142. The Morgan fingerprint density at radius 3 is 2.15 bits per heavy atom. The van der Waals surface area contributed by atoms with Gasteiger partial charge in [0.15, 0.2) is 11.7 Å². The van der Waals surface area contributed by atoms with Gasteiger partial charge >= 0.3 is 17.9 Å². The summed E-state index contributed by atoms with van der Waals surface area (Å²) < 4.78 is 13.1. The molecule has 13 heteroatoms. The number of oxazole rings is 1. The first-order valence-corrected chi connectivity index (χ1v) is 19.2. The first kappa shape index (κ1) is 34.7. The summed E-state index contributed by atoms with van der Waals surface area (Å²) >= 11 is 0. The van der Waals surface area contributed by atoms with Crippen LogP contribution in [0.3, 0.4) is 0 Å². The van der Waals surface area contributed by atoms with Gasteiger partial charge in [0.05, 0.1) is 5.52 Å². The third-order valence-electron chi connectivity index (χ3n) is 12.1. The number of fused-ring (bicyclic) bond motifs is 2. The van der Waals surface area contributed by atoms with E-state index < -0.39 is 18.0 Å². The maximum atomic E-state index is 14.2. The maximum absolute atomic E-state index is 14.2. The SMILES string of the molecule is Cc1cc(CC(OC(=O)N2CCC(N3CCc4ccccc4NC3=O)CC2)C(=O)N2CCC(N3CCN(C4CC4)CC3)CC2)cc2oc(=O)n(C)c12. The molecule has 52 heavy (non-hydrogen) atoms. The van der Waals surface area contributed by atoms with E-state index in [-0.39, 0.29) is 24.4 Å². The summed E-state index contributed by atoms with van der Waals surface area (Å²) in [7, 11) is 1.67. The first-order chi connectivity index (χ1) is 25.2. The van der Waals surface area contributed by atoms with Gasteiger partial charge < -0.3 is 29.2 Å². The highest BCUT2D eigenvalue weighted by Gasteiger charge is 2.38. The van der Waals surface area contributed by atoms with Crippen LogP contribution in [0, 0.1) is 6.92 Å². The van der Waals surface area contributed by atoms with Gasteiger partial charge in [-0.15, -0.1) is 0 Å². The standard InChI is InChI=1S/C39H51N7O6/c1-26-23-27(24-33-35(26)41(2)38(49)51-33)25-34(36(47)44-14-10-30(11-15-44)43-21-19-42(20-22-43)29-7-8-29)52-39(50)45-16-12-31(13-17-45)46-18-9-28-5-3-4-6-32(28)40-37(46)48/h3-6,23-24,29-31,34H,7-22,25H2,1-2H3,(H,40,48). The molecule has 1 unspecified atom stereocenters. The number of nitrogens with one attached hydrogen (secondary N) is 1. The molecule has 3 aromatic rings. The van der Waals surface area contributed by atoms with Crippen molar-refractivity contribution >= 4 is 34.8 Å². The van der Waals surface area contributed by atoms with Gasteiger partial charge in [-0.2, -0.15) is 0 Å². The summed E-state index contributed by atoms with van der Waals surface area (Å²) in [5, 5.41) is 3.05. The molecule has 0 spiro atoms. The van der Waals surface area contributed by atoms with Crippen molar-refractivity contribution in [1.82, 2.24) is 29.1 Å². The van der Waals surface area contributed by atoms with E-state index in [4.69, 9.17) is 9.15 Å². The summed E-state index contributed by atoms with van der Waals surface area (Å²) in [6.45, 7) is 9.06. The fraction of sp³-hybridized carbons (Fsp3) is 0.590. The molecule has 3 saturated heterocycles. The van der Waals surface area contributed by atoms with Crippen molar-refractivity contribution in [3.05, 3.63) is 63.6 Å². The molecule has 4 aliphatic heterocycles. The van der Waals surface area contributed by atoms with Gasteiger partial charge in [-0.1, -0.05) is 24.3 Å². The largest absolute Gasteiger partial charge is 0.436 e. The number of anilines is 1. The predicted octanol–water partition coefficient (Wildman–Crippen LogP) is 3.81. The number of para-hydroxylation sites is 1. The van der Waals surface area contributed by atoms with Crippen molar-refractivity contribution in [2.24, 2.45) is 7.05 Å². The van der Waals surface area contributed by atoms with E-state index in [0.717, 1.165) is 73.9 Å². The molecule has 0 radical (unpaired) electrons. The normalized spacial score (nSPS) is 21.9. The van der Waals surface area contributed by atoms with Crippen LogP contribution >= 0.6 is 0 Å². The molecule has 1 aliphatic carbocycles. The molecule has 4 fully saturated rings. The fourth-order valence-electron chi connectivity index (χ4n) is 8.95. The summed E-state index contributed by atoms with van der Waals surface area (Å²) in [6.07, 6.45) is 5.14. The monoisotopic (exact) mass is 713 g/mol. The second kappa shape index (κ2) is 14.6. The van der Waals surface area contributed by atoms with Crippen LogP contribution in [0.2, 0.25) is 0 Å². The number of piperidine rings is 2. The van der Waals surface area contributed by atoms with E-state index in [2.05, 4.69) is 15.1 Å². The van der Waals surface area contributed by atoms with E-state index in [9.17, 15) is 19.2 Å². The molecule has 5 heterocycles. The number of likely N-dealkylation sites (tertiary alicyclic amines) is 2. The summed E-state index contributed by atoms with van der Waals surface area (Å²) in [6, 6.07) is 12.8. The zero-order valence-corrected chi connectivity index (χ0v) is 30.4. The minimum atomic E-state index is -1.02. The lowest BCUT2D eigenvalue weighted by Gasteiger charge is -2.43. The molecular weight excluding hydrogens is 662 g/mol. The predicted molar refractivity (Wildman–Crippen MR) is 196 cm³/mol. The van der Waals surface area contributed by atoms with Crippen LogP contribution in [0.25, 0.3) is 11.1 Å². The third-order valence-corrected chi connectivity index (χ3v) is 12.1. The second-order valence-electron chi connectivity index (χ2n) is 15.4. The van der Waals surface area contributed by atoms with Gasteiger partial charge in [0.2, 0.25) is 0 Å². The van der Waals surface area contributed by atoms with Gasteiger partial charge in [0, 0.05) is 96.2 Å². The van der Waals surface area contributed by atoms with Crippen LogP contribution in [0.1, 0.15) is 55.2 Å². The third kappa shape index (κ3) is 7.17. The summed E-state index contributed by atoms with van der Waals surface area (Å²) in [5.41, 5.74) is 4.74. The topological polar surface area (TPSA) is 124 Å². The number of aromatic nitrogens is 1. The Hall–Kier alpha value is -4.36. The van der Waals surface area contributed by atoms with Crippen molar-refractivity contribution in [2.75, 3.05) is 64.2 Å². The number of urea groups is 1. The van der Waals surface area contributed by atoms with Crippen LogP contribution in [-0.2, 0) is 29.4 Å². The van der Waals surface area contributed by atoms with Gasteiger partial charge in [-0.25, -0.2) is 14.4 Å². The van der Waals surface area contributed by atoms with Crippen molar-refractivity contribution < 1.29 is 23.5 Å². The molecule has 1 atom stereocenters. The molecule has 1 saturated carbocycles. The fourth-order valence-corrected chi connectivity index (χ4v) is 8.95. The summed E-state index contributed by atoms with van der Waals surface area (Å²) in [5.74, 6) is -0.634. The Labute approximate surface area is 304 Å². The average Bonchev–Trinajstić information content (AvgIpc) is 3.98. The van der Waals surface area contributed by atoms with E-state index in [0.29, 0.717) is 62.7 Å². The van der Waals surface area contributed by atoms with Gasteiger partial charge in [0.25, 0.3) is 5.91 Å². The minimum Gasteiger partial charge on any atom is -0.436 e. The molecule has 278 valence electrons. The zero-order chi connectivity index (χ0) is 35.9. The van der Waals surface area contributed by atoms with Crippen molar-refractivity contribution in [2.45, 2.75) is 82.5 Å². The van der Waals surface area contributed by atoms with Crippen LogP contribution in [-0.4, -0.2) is 130 Å². The molecule has 0 bridgehead atoms. The van der Waals surface area contributed by atoms with Crippen molar-refractivity contribution in [3.63, 3.8) is 0 Å². The molecule has 8 rings (SSSR count). The van der Waals surface area contributed by atoms with E-state index in [1.54, 1.807) is 18.0 Å². The summed E-state index contributed by atoms with van der Waals surface area (Å²) in [4.78, 5) is 64.1. The van der Waals surface area contributed by atoms with Crippen molar-refractivity contribution in [1.29, 1.82) is 0 Å². The number of hydrogen-bond acceptors (Lipinski definition) is 8. The molecule has 5 aliphatic rings. The number of piperazine rings is 1. The van der Waals surface area contributed by atoms with E-state index in [1.165, 1.54) is 17.4 Å². The highest BCUT2D eigenvalue weighted by atomic mass is 16.6. The van der Waals surface area contributed by atoms with Crippen LogP contribution in [0.5, 0.6) is 0 Å². The lowest BCUT2D eigenvalue weighted by atomic mass is 9.99. The van der Waals surface area contributed by atoms with Crippen LogP contribution in [0.4, 0.5) is 15.3 Å². The Balaban J connectivity index is 0.922. The Morgan fingerprint density at radius 2 is 1.46 bits per heavy atom. The molecular formula is C39H51N7O6. The number of ether oxygens (including phenoxy) is 1.